The van der Waals surface area contributed by atoms with Gasteiger partial charge in [-0.3, -0.25) is 14.2 Å². The van der Waals surface area contributed by atoms with Gasteiger partial charge in [-0.25, -0.2) is 31.0 Å². The molecule has 2 heterocycles. The first-order valence-electron chi connectivity index (χ1n) is 14.2. The van der Waals surface area contributed by atoms with Gasteiger partial charge in [0, 0.05) is 29.9 Å². The van der Waals surface area contributed by atoms with Gasteiger partial charge in [0.25, 0.3) is 15.9 Å². The van der Waals surface area contributed by atoms with Crippen molar-refractivity contribution in [3.05, 3.63) is 65.6 Å². The van der Waals surface area contributed by atoms with Crippen molar-refractivity contribution in [2.45, 2.75) is 75.5 Å². The number of benzene rings is 2. The number of aromatic nitrogens is 3. The summed E-state index contributed by atoms with van der Waals surface area (Å²) >= 11 is 0. The molecule has 0 saturated heterocycles. The lowest BCUT2D eigenvalue weighted by atomic mass is 9.81. The van der Waals surface area contributed by atoms with Crippen molar-refractivity contribution in [3.63, 3.8) is 0 Å². The number of carbonyl (C=O) groups excluding carboxylic acids is 1. The van der Waals surface area contributed by atoms with Crippen LogP contribution in [0.3, 0.4) is 0 Å². The predicted octanol–water partition coefficient (Wildman–Crippen LogP) is 5.98. The molecule has 234 valence electrons. The smallest absolute Gasteiger partial charge is 0.264 e. The molecule has 1 saturated carbocycles. The quantitative estimate of drug-likeness (QED) is 0.205. The molecule has 2 aromatic carbocycles. The third kappa shape index (κ3) is 5.94. The number of sulfonamides is 1. The maximum absolute atomic E-state index is 15.7. The second-order valence-corrected chi connectivity index (χ2v) is 12.9. The Labute approximate surface area is 251 Å². The van der Waals surface area contributed by atoms with Crippen LogP contribution in [0.1, 0.15) is 64.0 Å². The number of amides is 1. The van der Waals surface area contributed by atoms with Gasteiger partial charge in [-0.1, -0.05) is 12.1 Å². The monoisotopic (exact) mass is 632 g/mol. The molecule has 2 aromatic heterocycles. The molecule has 1 unspecified atom stereocenters. The van der Waals surface area contributed by atoms with Crippen LogP contribution in [0.5, 0.6) is 0 Å². The molecule has 4 aromatic rings. The van der Waals surface area contributed by atoms with E-state index in [0.717, 1.165) is 23.8 Å². The summed E-state index contributed by atoms with van der Waals surface area (Å²) in [5.74, 6) is -3.76. The fraction of sp³-hybridized carbons (Fsp3) is 0.367. The van der Waals surface area contributed by atoms with Crippen LogP contribution in [0.15, 0.2) is 47.5 Å². The van der Waals surface area contributed by atoms with Gasteiger partial charge in [0.05, 0.1) is 16.6 Å². The van der Waals surface area contributed by atoms with Gasteiger partial charge in [-0.15, -0.1) is 0 Å². The molecule has 0 aliphatic heterocycles. The van der Waals surface area contributed by atoms with Crippen LogP contribution in [-0.4, -0.2) is 41.3 Å². The summed E-state index contributed by atoms with van der Waals surface area (Å²) in [4.78, 5) is 15.5. The second-order valence-electron chi connectivity index (χ2n) is 11.2. The standard InChI is InChI=1S/C30H32F4N6O3S/c1-15(2)40-28-20(17-8-10-18(11-9-17)37-30(41)16(3)31)14-36-29(35)26(28)27(38-40)19-12-23(34)24(13-22(19)33)39-44(42,43)25-7-5-4-6-21(25)32/h4-7,12-18,39H,8-11H2,1-3H3,(H2,35,36)(H,37,41)/t16?,17-,18-. The largest absolute Gasteiger partial charge is 0.383 e. The minimum Gasteiger partial charge on any atom is -0.383 e. The number of alkyl halides is 1. The number of nitrogens with one attached hydrogen (secondary N) is 2. The predicted molar refractivity (Wildman–Crippen MR) is 159 cm³/mol. The Kier molecular flexibility index (Phi) is 8.56. The number of hydrogen-bond acceptors (Lipinski definition) is 6. The molecule has 1 amide bonds. The molecule has 1 aliphatic carbocycles. The Morgan fingerprint density at radius 1 is 1.02 bits per heavy atom. The normalized spacial score (nSPS) is 18.0. The summed E-state index contributed by atoms with van der Waals surface area (Å²) in [6.07, 6.45) is 2.59. The zero-order chi connectivity index (χ0) is 31.9. The van der Waals surface area contributed by atoms with Gasteiger partial charge in [0.15, 0.2) is 6.17 Å². The Balaban J connectivity index is 1.53. The Morgan fingerprint density at radius 2 is 1.70 bits per heavy atom. The second kappa shape index (κ2) is 12.1. The highest BCUT2D eigenvalue weighted by Crippen LogP contribution is 2.42. The third-order valence-corrected chi connectivity index (χ3v) is 9.23. The third-order valence-electron chi connectivity index (χ3n) is 7.83. The lowest BCUT2D eigenvalue weighted by Crippen LogP contribution is -2.40. The summed E-state index contributed by atoms with van der Waals surface area (Å²) in [7, 11) is -4.57. The van der Waals surface area contributed by atoms with Crippen molar-refractivity contribution in [1.29, 1.82) is 0 Å². The van der Waals surface area contributed by atoms with E-state index >= 15 is 8.78 Å². The minimum absolute atomic E-state index is 0.0136. The number of pyridine rings is 1. The van der Waals surface area contributed by atoms with E-state index in [-0.39, 0.29) is 35.1 Å². The summed E-state index contributed by atoms with van der Waals surface area (Å²) < 4.78 is 87.5. The minimum atomic E-state index is -4.57. The van der Waals surface area contributed by atoms with Crippen LogP contribution >= 0.6 is 0 Å². The van der Waals surface area contributed by atoms with Crippen molar-refractivity contribution in [2.24, 2.45) is 0 Å². The SMILES string of the molecule is CC(F)C(=O)N[C@H]1CC[C@H](c2cnc(N)c3c(-c4cc(F)c(NS(=O)(=O)c5ccccc5F)cc4F)nn(C(C)C)c32)CC1. The first-order valence-corrected chi connectivity index (χ1v) is 15.6. The molecule has 0 radical (unpaired) electrons. The molecule has 4 N–H and O–H groups in total. The number of nitrogens with two attached hydrogens (primary N) is 1. The van der Waals surface area contributed by atoms with Crippen LogP contribution in [-0.2, 0) is 14.8 Å². The molecule has 1 fully saturated rings. The highest BCUT2D eigenvalue weighted by Gasteiger charge is 2.30. The maximum Gasteiger partial charge on any atom is 0.264 e. The van der Waals surface area contributed by atoms with Gasteiger partial charge < -0.3 is 11.1 Å². The van der Waals surface area contributed by atoms with Gasteiger partial charge in [-0.05, 0) is 76.1 Å². The van der Waals surface area contributed by atoms with E-state index in [0.29, 0.717) is 42.7 Å². The molecular formula is C30H32F4N6O3S. The Hall–Kier alpha value is -4.20. The van der Waals surface area contributed by atoms with Crippen LogP contribution in [0.2, 0.25) is 0 Å². The fourth-order valence-corrected chi connectivity index (χ4v) is 6.75. The van der Waals surface area contributed by atoms with Crippen molar-refractivity contribution >= 4 is 38.3 Å². The van der Waals surface area contributed by atoms with E-state index < -0.39 is 50.1 Å². The highest BCUT2D eigenvalue weighted by atomic mass is 32.2. The van der Waals surface area contributed by atoms with Crippen molar-refractivity contribution in [3.8, 4) is 11.3 Å². The number of hydrogen-bond donors (Lipinski definition) is 3. The van der Waals surface area contributed by atoms with E-state index in [1.54, 1.807) is 10.9 Å². The molecule has 1 aliphatic rings. The first kappa shape index (κ1) is 31.2. The zero-order valence-corrected chi connectivity index (χ0v) is 25.1. The summed E-state index contributed by atoms with van der Waals surface area (Å²) in [6.45, 7) is 4.94. The number of nitrogen functional groups attached to an aromatic ring is 1. The molecule has 0 bridgehead atoms. The zero-order valence-electron chi connectivity index (χ0n) is 24.2. The number of halogens is 4. The van der Waals surface area contributed by atoms with Gasteiger partial charge in [-0.2, -0.15) is 5.10 Å². The topological polar surface area (TPSA) is 132 Å². The fourth-order valence-electron chi connectivity index (χ4n) is 5.61. The number of carbonyl (C=O) groups is 1. The van der Waals surface area contributed by atoms with Crippen LogP contribution in [0, 0.1) is 17.5 Å². The number of rotatable bonds is 8. The lowest BCUT2D eigenvalue weighted by molar-refractivity contribution is -0.126. The molecule has 9 nitrogen and oxygen atoms in total. The summed E-state index contributed by atoms with van der Waals surface area (Å²) in [5.41, 5.74) is 6.77. The van der Waals surface area contributed by atoms with Gasteiger partial charge >= 0.3 is 0 Å². The van der Waals surface area contributed by atoms with E-state index in [9.17, 15) is 22.0 Å². The number of nitrogens with zero attached hydrogens (tertiary/aromatic N) is 3. The van der Waals surface area contributed by atoms with Crippen molar-refractivity contribution < 1.29 is 30.8 Å². The average molecular weight is 633 g/mol. The van der Waals surface area contributed by atoms with Crippen molar-refractivity contribution in [2.75, 3.05) is 10.5 Å². The van der Waals surface area contributed by atoms with Gasteiger partial charge in [0.1, 0.15) is 33.9 Å². The van der Waals surface area contributed by atoms with Crippen LogP contribution < -0.4 is 15.8 Å². The Morgan fingerprint density at radius 3 is 2.34 bits per heavy atom. The summed E-state index contributed by atoms with van der Waals surface area (Å²) in [6, 6.07) is 5.66. The molecule has 44 heavy (non-hydrogen) atoms. The number of fused-ring (bicyclic) bond motifs is 1. The molecule has 5 rings (SSSR count). The van der Waals surface area contributed by atoms with E-state index in [4.69, 9.17) is 5.73 Å². The lowest BCUT2D eigenvalue weighted by Gasteiger charge is -2.30. The molecule has 0 spiro atoms. The molecule has 1 atom stereocenters. The maximum atomic E-state index is 15.7. The van der Waals surface area contributed by atoms with Crippen molar-refractivity contribution in [1.82, 2.24) is 20.1 Å². The summed E-state index contributed by atoms with van der Waals surface area (Å²) in [5, 5.41) is 7.66. The van der Waals surface area contributed by atoms with E-state index in [1.807, 2.05) is 18.6 Å². The highest BCUT2D eigenvalue weighted by molar-refractivity contribution is 7.92. The van der Waals surface area contributed by atoms with E-state index in [1.165, 1.54) is 19.1 Å². The molecular weight excluding hydrogens is 600 g/mol. The van der Waals surface area contributed by atoms with E-state index in [2.05, 4.69) is 15.4 Å². The van der Waals surface area contributed by atoms with Crippen LogP contribution in [0.4, 0.5) is 29.1 Å². The first-order chi connectivity index (χ1) is 20.8. The number of anilines is 2. The van der Waals surface area contributed by atoms with Gasteiger partial charge in [0.2, 0.25) is 0 Å². The molecule has 14 heteroatoms. The van der Waals surface area contributed by atoms with Crippen LogP contribution in [0.25, 0.3) is 22.2 Å². The Bertz CT molecular complexity index is 1840. The average Bonchev–Trinajstić information content (AvgIpc) is 3.37.